The molecule has 2 atom stereocenters. The molecule has 3 aromatic carbocycles. The van der Waals surface area contributed by atoms with Gasteiger partial charge in [-0.3, -0.25) is 9.59 Å². The Morgan fingerprint density at radius 3 is 2.38 bits per heavy atom. The fraction of sp³-hybridized carbons (Fsp3) is 0.250. The maximum atomic E-state index is 13.8. The van der Waals surface area contributed by atoms with Crippen LogP contribution in [-0.4, -0.2) is 26.3 Å². The first-order chi connectivity index (χ1) is 16.4. The Morgan fingerprint density at radius 2 is 1.65 bits per heavy atom. The summed E-state index contributed by atoms with van der Waals surface area (Å²) in [6, 6.07) is 22.8. The van der Waals surface area contributed by atoms with Crippen molar-refractivity contribution < 1.29 is 9.59 Å². The van der Waals surface area contributed by atoms with E-state index in [0.717, 1.165) is 39.2 Å². The van der Waals surface area contributed by atoms with E-state index in [1.165, 1.54) is 0 Å². The van der Waals surface area contributed by atoms with Crippen LogP contribution in [-0.2, 0) is 16.1 Å². The molecule has 0 saturated carbocycles. The Bertz CT molecular complexity index is 1360. The molecule has 0 aliphatic carbocycles. The van der Waals surface area contributed by atoms with Crippen molar-refractivity contribution in [2.45, 2.75) is 45.8 Å². The number of nitrogens with one attached hydrogen (secondary N) is 1. The highest BCUT2D eigenvalue weighted by molar-refractivity contribution is 5.96. The number of carbonyl (C=O) groups excluding carboxylic acids is 2. The molecular formula is C28H28N4O2. The molecule has 0 unspecified atom stereocenters. The highest BCUT2D eigenvalue weighted by Crippen LogP contribution is 2.37. The summed E-state index contributed by atoms with van der Waals surface area (Å²) in [5.41, 5.74) is 5.66. The molecule has 6 nitrogen and oxygen atoms in total. The first kappa shape index (κ1) is 21.9. The number of benzene rings is 3. The number of amides is 2. The highest BCUT2D eigenvalue weighted by Gasteiger charge is 2.40. The molecule has 34 heavy (non-hydrogen) atoms. The van der Waals surface area contributed by atoms with Crippen LogP contribution >= 0.6 is 0 Å². The monoisotopic (exact) mass is 452 g/mol. The normalized spacial score (nSPS) is 17.6. The van der Waals surface area contributed by atoms with Gasteiger partial charge < -0.3 is 14.8 Å². The van der Waals surface area contributed by atoms with Gasteiger partial charge in [0.2, 0.25) is 11.8 Å². The number of hydrogen-bond donors (Lipinski definition) is 1. The average molecular weight is 453 g/mol. The Kier molecular flexibility index (Phi) is 5.65. The van der Waals surface area contributed by atoms with Crippen LogP contribution in [0.4, 0.5) is 5.69 Å². The molecule has 0 fully saturated rings. The van der Waals surface area contributed by atoms with Gasteiger partial charge in [-0.2, -0.15) is 0 Å². The van der Waals surface area contributed by atoms with E-state index in [0.29, 0.717) is 6.54 Å². The molecule has 0 saturated heterocycles. The summed E-state index contributed by atoms with van der Waals surface area (Å²) in [5.74, 6) is 0.546. The molecule has 6 heteroatoms. The lowest BCUT2D eigenvalue weighted by Crippen LogP contribution is -2.45. The van der Waals surface area contributed by atoms with Crippen LogP contribution in [0.25, 0.3) is 11.0 Å². The number of nitrogens with zero attached hydrogens (tertiary/aromatic N) is 3. The summed E-state index contributed by atoms with van der Waals surface area (Å²) in [6.45, 7) is 6.48. The van der Waals surface area contributed by atoms with Gasteiger partial charge in [-0.25, -0.2) is 4.98 Å². The second-order valence-electron chi connectivity index (χ2n) is 9.10. The van der Waals surface area contributed by atoms with Gasteiger partial charge in [0, 0.05) is 12.2 Å². The minimum absolute atomic E-state index is 0.0389. The molecule has 5 rings (SSSR count). The minimum Gasteiger partial charge on any atom is -0.327 e. The van der Waals surface area contributed by atoms with E-state index in [9.17, 15) is 9.59 Å². The third kappa shape index (κ3) is 4.07. The molecule has 0 spiro atoms. The van der Waals surface area contributed by atoms with E-state index in [-0.39, 0.29) is 24.3 Å². The van der Waals surface area contributed by atoms with Crippen LogP contribution in [0.5, 0.6) is 0 Å². The largest absolute Gasteiger partial charge is 0.327 e. The Morgan fingerprint density at radius 1 is 0.971 bits per heavy atom. The molecule has 1 aromatic heterocycles. The zero-order valence-electron chi connectivity index (χ0n) is 19.7. The van der Waals surface area contributed by atoms with Crippen LogP contribution in [0.1, 0.15) is 47.9 Å². The number of hydrogen-bond acceptors (Lipinski definition) is 3. The van der Waals surface area contributed by atoms with Crippen molar-refractivity contribution in [1.82, 2.24) is 14.5 Å². The topological polar surface area (TPSA) is 67.2 Å². The number of anilines is 1. The number of aromatic nitrogens is 2. The summed E-state index contributed by atoms with van der Waals surface area (Å²) in [7, 11) is 0. The van der Waals surface area contributed by atoms with E-state index in [2.05, 4.69) is 11.4 Å². The summed E-state index contributed by atoms with van der Waals surface area (Å²) >= 11 is 0. The molecule has 172 valence electrons. The fourth-order valence-electron chi connectivity index (χ4n) is 4.93. The van der Waals surface area contributed by atoms with Crippen molar-refractivity contribution in [3.63, 3.8) is 0 Å². The van der Waals surface area contributed by atoms with Gasteiger partial charge in [-0.05, 0) is 61.7 Å². The Hall–Kier alpha value is -3.93. The maximum Gasteiger partial charge on any atom is 0.247 e. The predicted molar refractivity (Wildman–Crippen MR) is 133 cm³/mol. The second-order valence-corrected chi connectivity index (χ2v) is 9.10. The highest BCUT2D eigenvalue weighted by atomic mass is 16.2. The van der Waals surface area contributed by atoms with Gasteiger partial charge in [0.25, 0.3) is 0 Å². The number of para-hydroxylation sites is 2. The molecule has 1 N–H and O–H groups in total. The molecule has 0 radical (unpaired) electrons. The lowest BCUT2D eigenvalue weighted by molar-refractivity contribution is -0.142. The summed E-state index contributed by atoms with van der Waals surface area (Å²) in [4.78, 5) is 33.7. The first-order valence-corrected chi connectivity index (χ1v) is 11.6. The van der Waals surface area contributed by atoms with Gasteiger partial charge in [0.15, 0.2) is 0 Å². The zero-order chi connectivity index (χ0) is 23.8. The minimum atomic E-state index is -0.659. The van der Waals surface area contributed by atoms with Crippen molar-refractivity contribution in [1.29, 1.82) is 0 Å². The number of aryl methyl sites for hydroxylation is 2. The summed E-state index contributed by atoms with van der Waals surface area (Å²) < 4.78 is 1.96. The Labute approximate surface area is 199 Å². The maximum absolute atomic E-state index is 13.8. The molecule has 4 aromatic rings. The molecule has 1 aliphatic rings. The van der Waals surface area contributed by atoms with Gasteiger partial charge in [0.1, 0.15) is 11.9 Å². The SMILES string of the molecule is Cc1cc(C)cc(NC(=O)C[C@H]2C(=O)N(Cc3ccccc3)[C@H](C)c3nc4ccccc4n32)c1. The van der Waals surface area contributed by atoms with Crippen molar-refractivity contribution in [3.05, 3.63) is 95.3 Å². The first-order valence-electron chi connectivity index (χ1n) is 11.6. The third-order valence-corrected chi connectivity index (χ3v) is 6.42. The number of rotatable bonds is 5. The van der Waals surface area contributed by atoms with Crippen molar-refractivity contribution in [2.75, 3.05) is 5.32 Å². The lowest BCUT2D eigenvalue weighted by Gasteiger charge is -2.38. The third-order valence-electron chi connectivity index (χ3n) is 6.42. The van der Waals surface area contributed by atoms with Crippen molar-refractivity contribution in [2.24, 2.45) is 0 Å². The van der Waals surface area contributed by atoms with E-state index in [4.69, 9.17) is 4.98 Å². The smallest absolute Gasteiger partial charge is 0.247 e. The molecule has 2 heterocycles. The van der Waals surface area contributed by atoms with Crippen LogP contribution < -0.4 is 5.32 Å². The van der Waals surface area contributed by atoms with E-state index in [1.807, 2.05) is 97.0 Å². The van der Waals surface area contributed by atoms with E-state index in [1.54, 1.807) is 0 Å². The lowest BCUT2D eigenvalue weighted by atomic mass is 10.0. The van der Waals surface area contributed by atoms with Crippen LogP contribution in [0.15, 0.2) is 72.8 Å². The van der Waals surface area contributed by atoms with Gasteiger partial charge in [0.05, 0.1) is 23.5 Å². The fourth-order valence-corrected chi connectivity index (χ4v) is 4.93. The number of fused-ring (bicyclic) bond motifs is 3. The molecule has 0 bridgehead atoms. The van der Waals surface area contributed by atoms with Gasteiger partial charge in [-0.15, -0.1) is 0 Å². The molecular weight excluding hydrogens is 424 g/mol. The second kappa shape index (κ2) is 8.78. The van der Waals surface area contributed by atoms with E-state index >= 15 is 0 Å². The predicted octanol–water partition coefficient (Wildman–Crippen LogP) is 5.33. The average Bonchev–Trinajstić information content (AvgIpc) is 3.19. The van der Waals surface area contributed by atoms with Gasteiger partial charge in [-0.1, -0.05) is 48.5 Å². The van der Waals surface area contributed by atoms with Crippen molar-refractivity contribution >= 4 is 28.5 Å². The summed E-state index contributed by atoms with van der Waals surface area (Å²) in [5, 5.41) is 2.99. The van der Waals surface area contributed by atoms with Crippen molar-refractivity contribution in [3.8, 4) is 0 Å². The standard InChI is InChI=1S/C28H28N4O2/c1-18-13-19(2)15-22(14-18)29-26(33)16-25-28(34)31(17-21-9-5-4-6-10-21)20(3)27-30-23-11-7-8-12-24(23)32(25)27/h4-15,20,25H,16-17H2,1-3H3,(H,29,33)/t20-,25+/m1/s1. The van der Waals surface area contributed by atoms with E-state index < -0.39 is 6.04 Å². The van der Waals surface area contributed by atoms with Gasteiger partial charge >= 0.3 is 0 Å². The van der Waals surface area contributed by atoms with Crippen LogP contribution in [0.2, 0.25) is 0 Å². The zero-order valence-corrected chi connectivity index (χ0v) is 19.7. The Balaban J connectivity index is 1.51. The number of imidazole rings is 1. The molecule has 1 aliphatic heterocycles. The summed E-state index contributed by atoms with van der Waals surface area (Å²) in [6.07, 6.45) is 0.0389. The number of carbonyl (C=O) groups is 2. The quantitative estimate of drug-likeness (QED) is 0.445. The van der Waals surface area contributed by atoms with Crippen LogP contribution in [0.3, 0.4) is 0 Å². The van der Waals surface area contributed by atoms with Crippen LogP contribution in [0, 0.1) is 13.8 Å². The molecule has 2 amide bonds.